The molecule has 1 rings (SSSR count). The Morgan fingerprint density at radius 3 is 2.39 bits per heavy atom. The molecule has 0 aromatic heterocycles. The fourth-order valence-electron chi connectivity index (χ4n) is 2.07. The minimum atomic E-state index is -0.195. The molecule has 1 aliphatic rings. The normalized spacial score (nSPS) is 17.8. The molecule has 0 aromatic carbocycles. The highest BCUT2D eigenvalue weighted by atomic mass is 16.5. The molecule has 0 atom stereocenters. The molecule has 0 radical (unpaired) electrons. The lowest BCUT2D eigenvalue weighted by molar-refractivity contribution is -0.151. The summed E-state index contributed by atoms with van der Waals surface area (Å²) in [6.07, 6.45) is 1.44. The third-order valence-electron chi connectivity index (χ3n) is 2.93. The van der Waals surface area contributed by atoms with Crippen molar-refractivity contribution in [2.24, 2.45) is 5.92 Å². The number of hydrogen-bond donors (Lipinski definition) is 0. The number of nitrogens with zero attached hydrogens (tertiary/aromatic N) is 1. The van der Waals surface area contributed by atoms with E-state index in [4.69, 9.17) is 9.47 Å². The Kier molecular flexibility index (Phi) is 6.12. The smallest absolute Gasteiger partial charge is 0.320 e. The number of carbonyl (C=O) groups is 2. The second-order valence-electron chi connectivity index (χ2n) is 4.84. The summed E-state index contributed by atoms with van der Waals surface area (Å²) in [4.78, 5) is 25.1. The Labute approximate surface area is 108 Å². The molecule has 18 heavy (non-hydrogen) atoms. The Morgan fingerprint density at radius 2 is 1.89 bits per heavy atom. The number of piperidine rings is 1. The lowest BCUT2D eigenvalue weighted by atomic mass is 9.97. The molecule has 0 saturated carbocycles. The molecule has 5 nitrogen and oxygen atoms in total. The van der Waals surface area contributed by atoms with Gasteiger partial charge in [0.2, 0.25) is 0 Å². The van der Waals surface area contributed by atoms with Gasteiger partial charge in [-0.3, -0.25) is 14.5 Å². The van der Waals surface area contributed by atoms with E-state index in [1.807, 2.05) is 25.7 Å². The van der Waals surface area contributed by atoms with Gasteiger partial charge in [-0.2, -0.15) is 0 Å². The monoisotopic (exact) mass is 257 g/mol. The third-order valence-corrected chi connectivity index (χ3v) is 2.93. The summed E-state index contributed by atoms with van der Waals surface area (Å²) in [6, 6.07) is 0. The number of esters is 2. The summed E-state index contributed by atoms with van der Waals surface area (Å²) in [6.45, 7) is 7.73. The van der Waals surface area contributed by atoms with Crippen LogP contribution in [-0.2, 0) is 19.1 Å². The zero-order valence-electron chi connectivity index (χ0n) is 11.5. The van der Waals surface area contributed by atoms with Gasteiger partial charge < -0.3 is 9.47 Å². The zero-order chi connectivity index (χ0) is 13.5. The first-order chi connectivity index (χ1) is 8.52. The van der Waals surface area contributed by atoms with Crippen LogP contribution in [0.3, 0.4) is 0 Å². The largest absolute Gasteiger partial charge is 0.466 e. The molecule has 0 amide bonds. The lowest BCUT2D eigenvalue weighted by Gasteiger charge is -2.30. The van der Waals surface area contributed by atoms with Crippen LogP contribution >= 0.6 is 0 Å². The average Bonchev–Trinajstić information content (AvgIpc) is 2.29. The van der Waals surface area contributed by atoms with Gasteiger partial charge in [-0.15, -0.1) is 0 Å². The molecule has 104 valence electrons. The fourth-order valence-corrected chi connectivity index (χ4v) is 2.07. The van der Waals surface area contributed by atoms with Gasteiger partial charge in [0.15, 0.2) is 0 Å². The molecule has 0 aliphatic carbocycles. The van der Waals surface area contributed by atoms with Gasteiger partial charge in [0, 0.05) is 0 Å². The Balaban J connectivity index is 2.27. The van der Waals surface area contributed by atoms with Gasteiger partial charge in [0.1, 0.15) is 0 Å². The number of likely N-dealkylation sites (tertiary alicyclic amines) is 1. The van der Waals surface area contributed by atoms with Crippen molar-refractivity contribution in [3.63, 3.8) is 0 Å². The van der Waals surface area contributed by atoms with Gasteiger partial charge in [0.05, 0.1) is 25.2 Å². The predicted octanol–water partition coefficient (Wildman–Crippen LogP) is 1.21. The minimum absolute atomic E-state index is 0.0117. The molecular formula is C13H23NO4. The van der Waals surface area contributed by atoms with Gasteiger partial charge >= 0.3 is 11.9 Å². The first-order valence-corrected chi connectivity index (χ1v) is 6.61. The zero-order valence-corrected chi connectivity index (χ0v) is 11.5. The summed E-state index contributed by atoms with van der Waals surface area (Å²) in [7, 11) is 0. The van der Waals surface area contributed by atoms with Crippen molar-refractivity contribution in [1.82, 2.24) is 4.90 Å². The van der Waals surface area contributed by atoms with Crippen molar-refractivity contribution < 1.29 is 19.1 Å². The molecule has 1 heterocycles. The van der Waals surface area contributed by atoms with E-state index in [9.17, 15) is 9.59 Å². The maximum atomic E-state index is 11.5. The summed E-state index contributed by atoms with van der Waals surface area (Å²) in [5, 5.41) is 0. The number of hydrogen-bond acceptors (Lipinski definition) is 5. The predicted molar refractivity (Wildman–Crippen MR) is 67.0 cm³/mol. The van der Waals surface area contributed by atoms with Gasteiger partial charge in [-0.25, -0.2) is 0 Å². The van der Waals surface area contributed by atoms with Crippen LogP contribution in [0.25, 0.3) is 0 Å². The van der Waals surface area contributed by atoms with Crippen molar-refractivity contribution >= 4 is 11.9 Å². The van der Waals surface area contributed by atoms with E-state index < -0.39 is 0 Å². The molecule has 0 bridgehead atoms. The van der Waals surface area contributed by atoms with Crippen molar-refractivity contribution in [1.29, 1.82) is 0 Å². The van der Waals surface area contributed by atoms with Crippen LogP contribution in [0.15, 0.2) is 0 Å². The Morgan fingerprint density at radius 1 is 1.28 bits per heavy atom. The highest BCUT2D eigenvalue weighted by molar-refractivity contribution is 5.73. The first kappa shape index (κ1) is 15.0. The van der Waals surface area contributed by atoms with Crippen molar-refractivity contribution in [3.05, 3.63) is 0 Å². The topological polar surface area (TPSA) is 55.8 Å². The van der Waals surface area contributed by atoms with Crippen LogP contribution in [0.4, 0.5) is 0 Å². The molecule has 0 spiro atoms. The van der Waals surface area contributed by atoms with E-state index >= 15 is 0 Å². The maximum Gasteiger partial charge on any atom is 0.320 e. The quantitative estimate of drug-likeness (QED) is 0.693. The molecule has 5 heteroatoms. The van der Waals surface area contributed by atoms with E-state index in [1.165, 1.54) is 0 Å². The first-order valence-electron chi connectivity index (χ1n) is 6.61. The van der Waals surface area contributed by atoms with E-state index in [1.54, 1.807) is 0 Å². The highest BCUT2D eigenvalue weighted by Crippen LogP contribution is 2.18. The van der Waals surface area contributed by atoms with Gasteiger partial charge in [-0.1, -0.05) is 0 Å². The Hall–Kier alpha value is -1.10. The van der Waals surface area contributed by atoms with Gasteiger partial charge in [0.25, 0.3) is 0 Å². The second kappa shape index (κ2) is 7.36. The van der Waals surface area contributed by atoms with E-state index in [-0.39, 0.29) is 24.0 Å². The second-order valence-corrected chi connectivity index (χ2v) is 4.84. The molecule has 1 fully saturated rings. The van der Waals surface area contributed by atoms with Crippen molar-refractivity contribution in [2.75, 3.05) is 26.2 Å². The molecule has 1 saturated heterocycles. The standard InChI is InChI=1S/C13H23NO4/c1-4-17-13(16)11-5-7-14(8-6-11)9-12(15)18-10(2)3/h10-11H,4-9H2,1-3H3. The number of ether oxygens (including phenoxy) is 2. The summed E-state index contributed by atoms with van der Waals surface area (Å²) in [5.41, 5.74) is 0. The van der Waals surface area contributed by atoms with Gasteiger partial charge in [-0.05, 0) is 46.7 Å². The molecular weight excluding hydrogens is 234 g/mol. The van der Waals surface area contributed by atoms with Crippen LogP contribution in [0.1, 0.15) is 33.6 Å². The number of rotatable bonds is 5. The molecule has 0 N–H and O–H groups in total. The minimum Gasteiger partial charge on any atom is -0.466 e. The summed E-state index contributed by atoms with van der Waals surface area (Å²) >= 11 is 0. The van der Waals surface area contributed by atoms with E-state index in [0.717, 1.165) is 25.9 Å². The third kappa shape index (κ3) is 5.04. The lowest BCUT2D eigenvalue weighted by Crippen LogP contribution is -2.40. The number of carbonyl (C=O) groups excluding carboxylic acids is 2. The highest BCUT2D eigenvalue weighted by Gasteiger charge is 2.27. The average molecular weight is 257 g/mol. The van der Waals surface area contributed by atoms with Crippen LogP contribution in [-0.4, -0.2) is 49.2 Å². The van der Waals surface area contributed by atoms with E-state index in [0.29, 0.717) is 13.2 Å². The van der Waals surface area contributed by atoms with Crippen molar-refractivity contribution in [2.45, 2.75) is 39.7 Å². The van der Waals surface area contributed by atoms with Crippen molar-refractivity contribution in [3.8, 4) is 0 Å². The molecule has 1 aliphatic heterocycles. The molecule has 0 aromatic rings. The fraction of sp³-hybridized carbons (Fsp3) is 0.846. The summed E-state index contributed by atoms with van der Waals surface area (Å²) in [5.74, 6) is -0.316. The van der Waals surface area contributed by atoms with Crippen LogP contribution < -0.4 is 0 Å². The SMILES string of the molecule is CCOC(=O)C1CCN(CC(=O)OC(C)C)CC1. The van der Waals surface area contributed by atoms with Crippen LogP contribution in [0, 0.1) is 5.92 Å². The maximum absolute atomic E-state index is 11.5. The Bertz CT molecular complexity index is 283. The van der Waals surface area contributed by atoms with Crippen LogP contribution in [0.2, 0.25) is 0 Å². The van der Waals surface area contributed by atoms with Crippen LogP contribution in [0.5, 0.6) is 0 Å². The molecule has 0 unspecified atom stereocenters. The summed E-state index contributed by atoms with van der Waals surface area (Å²) < 4.78 is 10.1. The van der Waals surface area contributed by atoms with E-state index in [2.05, 4.69) is 0 Å².